The first-order valence-corrected chi connectivity index (χ1v) is 6.88. The normalized spacial score (nSPS) is 16.5. The molecular formula is C15H19N3O3. The number of nitrogens with one attached hydrogen (secondary N) is 2. The zero-order chi connectivity index (χ0) is 15.6. The molecule has 6 heteroatoms. The second kappa shape index (κ2) is 5.95. The number of carboxylic acid groups (broad SMARTS) is 1. The monoisotopic (exact) mass is 289 g/mol. The molecule has 0 fully saturated rings. The Bertz CT molecular complexity index is 639. The molecule has 3 N–H and O–H groups in total. The van der Waals surface area contributed by atoms with Crippen LogP contribution in [-0.4, -0.2) is 27.7 Å². The number of aromatic amines is 1. The number of rotatable bonds is 5. The third-order valence-electron chi connectivity index (χ3n) is 3.47. The van der Waals surface area contributed by atoms with E-state index in [1.165, 1.54) is 0 Å². The summed E-state index contributed by atoms with van der Waals surface area (Å²) in [6.45, 7) is 5.86. The van der Waals surface area contributed by atoms with Crippen molar-refractivity contribution in [1.29, 1.82) is 0 Å². The quantitative estimate of drug-likeness (QED) is 0.722. The zero-order valence-corrected chi connectivity index (χ0v) is 12.4. The molecule has 112 valence electrons. The van der Waals surface area contributed by atoms with Gasteiger partial charge in [0.05, 0.1) is 11.3 Å². The lowest BCUT2D eigenvalue weighted by atomic mass is 9.97. The first-order chi connectivity index (χ1) is 9.90. The molecular weight excluding hydrogens is 270 g/mol. The highest BCUT2D eigenvalue weighted by atomic mass is 16.4. The van der Waals surface area contributed by atoms with Crippen molar-refractivity contribution in [3.63, 3.8) is 0 Å². The van der Waals surface area contributed by atoms with Crippen LogP contribution in [0.3, 0.4) is 0 Å². The summed E-state index contributed by atoms with van der Waals surface area (Å²) in [5, 5.41) is 12.9. The number of carboxylic acids is 1. The third-order valence-corrected chi connectivity index (χ3v) is 3.47. The molecule has 1 aliphatic heterocycles. The van der Waals surface area contributed by atoms with Crippen LogP contribution in [0, 0.1) is 12.8 Å². The van der Waals surface area contributed by atoms with Gasteiger partial charge in [-0.05, 0) is 36.5 Å². The van der Waals surface area contributed by atoms with Gasteiger partial charge in [0, 0.05) is 18.3 Å². The predicted octanol–water partition coefficient (Wildman–Crippen LogP) is 1.87. The lowest BCUT2D eigenvalue weighted by molar-refractivity contribution is -0.137. The molecule has 2 rings (SSSR count). The minimum atomic E-state index is -0.836. The van der Waals surface area contributed by atoms with Gasteiger partial charge in [-0.3, -0.25) is 9.59 Å². The molecule has 1 aliphatic rings. The minimum absolute atomic E-state index is 0.0617. The standard InChI is InChI=1S/C15H19N3O3/c1-8(2)14-11(15(21)18-17-14)6-12-10(4-5-13(19)20)9(3)7-16-12/h6-8,16H,4-5H2,1-3H3,(H,18,21)(H,19,20)/b11-6+. The Kier molecular flexibility index (Phi) is 4.26. The second-order valence-electron chi connectivity index (χ2n) is 5.41. The summed E-state index contributed by atoms with van der Waals surface area (Å²) in [5.41, 5.74) is 6.41. The Morgan fingerprint density at radius 1 is 1.48 bits per heavy atom. The van der Waals surface area contributed by atoms with Gasteiger partial charge in [0.15, 0.2) is 0 Å². The van der Waals surface area contributed by atoms with Crippen LogP contribution < -0.4 is 5.43 Å². The number of hydrogen-bond donors (Lipinski definition) is 3. The lowest BCUT2D eigenvalue weighted by Gasteiger charge is -2.05. The highest BCUT2D eigenvalue weighted by Crippen LogP contribution is 2.22. The number of nitrogens with zero attached hydrogens (tertiary/aromatic N) is 1. The topological polar surface area (TPSA) is 94.5 Å². The van der Waals surface area contributed by atoms with Gasteiger partial charge in [-0.2, -0.15) is 5.10 Å². The smallest absolute Gasteiger partial charge is 0.303 e. The van der Waals surface area contributed by atoms with Crippen LogP contribution in [0.2, 0.25) is 0 Å². The number of H-pyrrole nitrogens is 1. The number of hydrogen-bond acceptors (Lipinski definition) is 3. The summed E-state index contributed by atoms with van der Waals surface area (Å²) in [4.78, 5) is 25.7. The highest BCUT2D eigenvalue weighted by molar-refractivity contribution is 6.28. The molecule has 1 aromatic heterocycles. The Balaban J connectivity index is 2.34. The highest BCUT2D eigenvalue weighted by Gasteiger charge is 2.25. The SMILES string of the molecule is Cc1c[nH]c(/C=C2/C(=O)NN=C2C(C)C)c1CCC(=O)O. The predicted molar refractivity (Wildman–Crippen MR) is 79.9 cm³/mol. The van der Waals surface area contributed by atoms with Crippen molar-refractivity contribution < 1.29 is 14.7 Å². The molecule has 6 nitrogen and oxygen atoms in total. The summed E-state index contributed by atoms with van der Waals surface area (Å²) in [7, 11) is 0. The minimum Gasteiger partial charge on any atom is -0.481 e. The van der Waals surface area contributed by atoms with Crippen molar-refractivity contribution in [2.24, 2.45) is 11.0 Å². The van der Waals surface area contributed by atoms with Crippen molar-refractivity contribution in [2.75, 3.05) is 0 Å². The largest absolute Gasteiger partial charge is 0.481 e. The molecule has 0 saturated carbocycles. The van der Waals surface area contributed by atoms with Gasteiger partial charge in [0.2, 0.25) is 0 Å². The summed E-state index contributed by atoms with van der Waals surface area (Å²) in [5.74, 6) is -0.930. The fraction of sp³-hybridized carbons (Fsp3) is 0.400. The number of aliphatic carboxylic acids is 1. The zero-order valence-electron chi connectivity index (χ0n) is 12.4. The van der Waals surface area contributed by atoms with E-state index in [-0.39, 0.29) is 18.2 Å². The van der Waals surface area contributed by atoms with E-state index in [0.717, 1.165) is 22.5 Å². The van der Waals surface area contributed by atoms with Gasteiger partial charge in [-0.15, -0.1) is 0 Å². The van der Waals surface area contributed by atoms with Crippen LogP contribution in [0.25, 0.3) is 6.08 Å². The molecule has 0 aliphatic carbocycles. The average molecular weight is 289 g/mol. The van der Waals surface area contributed by atoms with Crippen LogP contribution in [-0.2, 0) is 16.0 Å². The fourth-order valence-corrected chi connectivity index (χ4v) is 2.34. The molecule has 2 heterocycles. The van der Waals surface area contributed by atoms with E-state index in [0.29, 0.717) is 12.0 Å². The van der Waals surface area contributed by atoms with Crippen LogP contribution in [0.15, 0.2) is 16.9 Å². The van der Waals surface area contributed by atoms with E-state index in [1.54, 1.807) is 6.08 Å². The van der Waals surface area contributed by atoms with E-state index >= 15 is 0 Å². The second-order valence-corrected chi connectivity index (χ2v) is 5.41. The number of hydrazone groups is 1. The van der Waals surface area contributed by atoms with E-state index in [1.807, 2.05) is 27.0 Å². The number of aromatic nitrogens is 1. The van der Waals surface area contributed by atoms with E-state index in [9.17, 15) is 9.59 Å². The molecule has 0 radical (unpaired) electrons. The molecule has 21 heavy (non-hydrogen) atoms. The number of amides is 1. The van der Waals surface area contributed by atoms with Crippen LogP contribution in [0.5, 0.6) is 0 Å². The molecule has 0 atom stereocenters. The van der Waals surface area contributed by atoms with Crippen molar-refractivity contribution in [3.05, 3.63) is 28.6 Å². The molecule has 1 amide bonds. The maximum absolute atomic E-state index is 11.9. The van der Waals surface area contributed by atoms with Gasteiger partial charge < -0.3 is 10.1 Å². The van der Waals surface area contributed by atoms with E-state index in [4.69, 9.17) is 5.11 Å². The Labute approximate surface area is 122 Å². The molecule has 0 spiro atoms. The Morgan fingerprint density at radius 3 is 2.81 bits per heavy atom. The van der Waals surface area contributed by atoms with Crippen LogP contribution in [0.1, 0.15) is 37.1 Å². The number of aryl methyl sites for hydroxylation is 1. The van der Waals surface area contributed by atoms with Gasteiger partial charge in [0.25, 0.3) is 5.91 Å². The fourth-order valence-electron chi connectivity index (χ4n) is 2.34. The summed E-state index contributed by atoms with van der Waals surface area (Å²) in [6.07, 6.45) is 4.07. The van der Waals surface area contributed by atoms with Gasteiger partial charge >= 0.3 is 5.97 Å². The van der Waals surface area contributed by atoms with Crippen LogP contribution >= 0.6 is 0 Å². The van der Waals surface area contributed by atoms with Crippen molar-refractivity contribution >= 4 is 23.7 Å². The summed E-state index contributed by atoms with van der Waals surface area (Å²) < 4.78 is 0. The Hall–Kier alpha value is -2.37. The summed E-state index contributed by atoms with van der Waals surface area (Å²) >= 11 is 0. The first kappa shape index (κ1) is 15.0. The van der Waals surface area contributed by atoms with E-state index < -0.39 is 5.97 Å². The maximum Gasteiger partial charge on any atom is 0.303 e. The molecule has 0 saturated heterocycles. The molecule has 1 aromatic rings. The maximum atomic E-state index is 11.9. The molecule has 0 unspecified atom stereocenters. The number of carbonyl (C=O) groups is 2. The van der Waals surface area contributed by atoms with Gasteiger partial charge in [-0.1, -0.05) is 13.8 Å². The average Bonchev–Trinajstić information content (AvgIpc) is 2.93. The Morgan fingerprint density at radius 2 is 2.19 bits per heavy atom. The van der Waals surface area contributed by atoms with Crippen molar-refractivity contribution in [3.8, 4) is 0 Å². The number of carbonyl (C=O) groups excluding carboxylic acids is 1. The van der Waals surface area contributed by atoms with Gasteiger partial charge in [-0.25, -0.2) is 5.43 Å². The third kappa shape index (κ3) is 3.21. The van der Waals surface area contributed by atoms with Crippen LogP contribution in [0.4, 0.5) is 0 Å². The van der Waals surface area contributed by atoms with E-state index in [2.05, 4.69) is 15.5 Å². The van der Waals surface area contributed by atoms with Crippen molar-refractivity contribution in [1.82, 2.24) is 10.4 Å². The molecule has 0 aromatic carbocycles. The molecule has 0 bridgehead atoms. The van der Waals surface area contributed by atoms with Crippen molar-refractivity contribution in [2.45, 2.75) is 33.6 Å². The van der Waals surface area contributed by atoms with Gasteiger partial charge in [0.1, 0.15) is 0 Å². The summed E-state index contributed by atoms with van der Waals surface area (Å²) in [6, 6.07) is 0. The first-order valence-electron chi connectivity index (χ1n) is 6.88. The lowest BCUT2D eigenvalue weighted by Crippen LogP contribution is -2.15.